The molecule has 0 bridgehead atoms. The average Bonchev–Trinajstić information content (AvgIpc) is 2.81. The lowest BCUT2D eigenvalue weighted by Crippen LogP contribution is -2.33. The monoisotopic (exact) mass is 285 g/mol. The van der Waals surface area contributed by atoms with Gasteiger partial charge in [-0.25, -0.2) is 4.98 Å². The van der Waals surface area contributed by atoms with Gasteiger partial charge < -0.3 is 10.2 Å². The lowest BCUT2D eigenvalue weighted by molar-refractivity contribution is -0.117. The Balaban J connectivity index is 1.73. The van der Waals surface area contributed by atoms with E-state index in [4.69, 9.17) is 0 Å². The van der Waals surface area contributed by atoms with Crippen LogP contribution in [-0.2, 0) is 4.79 Å². The van der Waals surface area contributed by atoms with Crippen LogP contribution in [-0.4, -0.2) is 23.5 Å². The number of amides is 1. The van der Waals surface area contributed by atoms with Gasteiger partial charge >= 0.3 is 0 Å². The van der Waals surface area contributed by atoms with Crippen molar-refractivity contribution in [2.75, 3.05) is 16.8 Å². The van der Waals surface area contributed by atoms with Crippen molar-refractivity contribution in [3.05, 3.63) is 54.0 Å². The summed E-state index contributed by atoms with van der Waals surface area (Å²) < 4.78 is 13.1. The van der Waals surface area contributed by atoms with Crippen molar-refractivity contribution < 1.29 is 9.18 Å². The van der Waals surface area contributed by atoms with Gasteiger partial charge in [0.05, 0.1) is 0 Å². The van der Waals surface area contributed by atoms with Crippen molar-refractivity contribution in [2.24, 2.45) is 0 Å². The van der Waals surface area contributed by atoms with Gasteiger partial charge in [0.15, 0.2) is 0 Å². The molecule has 108 valence electrons. The summed E-state index contributed by atoms with van der Waals surface area (Å²) in [7, 11) is 0. The molecule has 1 aromatic heterocycles. The Hall–Kier alpha value is -2.43. The van der Waals surface area contributed by atoms with Crippen LogP contribution in [0.3, 0.4) is 0 Å². The first kappa shape index (κ1) is 13.5. The number of hydrogen-bond donors (Lipinski definition) is 1. The van der Waals surface area contributed by atoms with Crippen LogP contribution in [0.2, 0.25) is 0 Å². The molecule has 5 heteroatoms. The zero-order valence-corrected chi connectivity index (χ0v) is 11.7. The second kappa shape index (κ2) is 5.52. The molecule has 1 fully saturated rings. The van der Waals surface area contributed by atoms with E-state index in [-0.39, 0.29) is 11.9 Å². The van der Waals surface area contributed by atoms with E-state index in [1.807, 2.05) is 31.2 Å². The Morgan fingerprint density at radius 1 is 1.24 bits per heavy atom. The Morgan fingerprint density at radius 2 is 2.00 bits per heavy atom. The molecule has 1 atom stereocenters. The third kappa shape index (κ3) is 2.86. The summed E-state index contributed by atoms with van der Waals surface area (Å²) in [5, 5.41) is 3.00. The average molecular weight is 285 g/mol. The zero-order valence-electron chi connectivity index (χ0n) is 11.7. The van der Waals surface area contributed by atoms with Crippen LogP contribution < -0.4 is 10.2 Å². The number of carbonyl (C=O) groups excluding carboxylic acids is 1. The molecule has 3 rings (SSSR count). The number of aryl methyl sites for hydroxylation is 1. The van der Waals surface area contributed by atoms with E-state index >= 15 is 0 Å². The first-order valence-electron chi connectivity index (χ1n) is 6.90. The third-order valence-electron chi connectivity index (χ3n) is 3.59. The van der Waals surface area contributed by atoms with Crippen molar-refractivity contribution >= 4 is 17.4 Å². The van der Waals surface area contributed by atoms with Crippen LogP contribution in [0, 0.1) is 12.9 Å². The van der Waals surface area contributed by atoms with Gasteiger partial charge in [0.25, 0.3) is 0 Å². The largest absolute Gasteiger partial charge is 0.358 e. The highest BCUT2D eigenvalue weighted by molar-refractivity contribution is 6.00. The summed E-state index contributed by atoms with van der Waals surface area (Å²) in [6, 6.07) is 12.0. The molecule has 1 unspecified atom stereocenters. The van der Waals surface area contributed by atoms with Crippen LogP contribution in [0.5, 0.6) is 0 Å². The fourth-order valence-corrected chi connectivity index (χ4v) is 2.46. The summed E-state index contributed by atoms with van der Waals surface area (Å²) in [5.74, 6) is -0.176. The van der Waals surface area contributed by atoms with E-state index in [1.54, 1.807) is 17.0 Å². The molecule has 2 heterocycles. The molecule has 0 radical (unpaired) electrons. The van der Waals surface area contributed by atoms with Gasteiger partial charge in [0.2, 0.25) is 11.9 Å². The Kier molecular flexibility index (Phi) is 3.56. The fourth-order valence-electron chi connectivity index (χ4n) is 2.46. The smallest absolute Gasteiger partial charge is 0.249 e. The van der Waals surface area contributed by atoms with E-state index in [2.05, 4.69) is 10.3 Å². The Bertz CT molecular complexity index is 657. The number of hydrogen-bond acceptors (Lipinski definition) is 3. The molecule has 1 aromatic carbocycles. The second-order valence-corrected chi connectivity index (χ2v) is 5.16. The Morgan fingerprint density at radius 3 is 2.71 bits per heavy atom. The molecular formula is C16H16FN3O. The fraction of sp³-hybridized carbons (Fsp3) is 0.250. The highest BCUT2D eigenvalue weighted by Crippen LogP contribution is 2.23. The van der Waals surface area contributed by atoms with Gasteiger partial charge in [-0.15, -0.1) is 0 Å². The summed E-state index contributed by atoms with van der Waals surface area (Å²) in [4.78, 5) is 17.9. The van der Waals surface area contributed by atoms with Gasteiger partial charge in [-0.1, -0.05) is 23.8 Å². The first-order valence-corrected chi connectivity index (χ1v) is 6.90. The highest BCUT2D eigenvalue weighted by Gasteiger charge is 2.32. The normalized spacial score (nSPS) is 18.1. The van der Waals surface area contributed by atoms with Crippen LogP contribution in [0.4, 0.5) is 15.9 Å². The number of nitrogens with one attached hydrogen (secondary N) is 1. The van der Waals surface area contributed by atoms with Gasteiger partial charge in [-0.2, -0.15) is 4.39 Å². The van der Waals surface area contributed by atoms with Crippen LogP contribution in [0.1, 0.15) is 12.0 Å². The van der Waals surface area contributed by atoms with Gasteiger partial charge in [-0.05, 0) is 37.6 Å². The minimum atomic E-state index is -0.555. The van der Waals surface area contributed by atoms with E-state index in [0.717, 1.165) is 11.3 Å². The van der Waals surface area contributed by atoms with Gasteiger partial charge in [0.1, 0.15) is 11.9 Å². The molecular weight excluding hydrogens is 269 g/mol. The minimum Gasteiger partial charge on any atom is -0.358 e. The molecule has 1 saturated heterocycles. The first-order chi connectivity index (χ1) is 10.1. The van der Waals surface area contributed by atoms with E-state index in [1.165, 1.54) is 6.07 Å². The molecule has 0 saturated carbocycles. The summed E-state index contributed by atoms with van der Waals surface area (Å²) in [5.41, 5.74) is 2.05. The topological polar surface area (TPSA) is 45.2 Å². The number of halogens is 1. The summed E-state index contributed by atoms with van der Waals surface area (Å²) >= 11 is 0. The number of pyridine rings is 1. The maximum atomic E-state index is 13.1. The number of rotatable bonds is 3. The molecule has 1 aliphatic rings. The molecule has 0 aliphatic carbocycles. The predicted octanol–water partition coefficient (Wildman–Crippen LogP) is 2.75. The van der Waals surface area contributed by atoms with E-state index in [9.17, 15) is 9.18 Å². The van der Waals surface area contributed by atoms with Crippen molar-refractivity contribution in [3.63, 3.8) is 0 Å². The maximum absolute atomic E-state index is 13.1. The zero-order chi connectivity index (χ0) is 14.8. The highest BCUT2D eigenvalue weighted by atomic mass is 19.1. The van der Waals surface area contributed by atoms with Gasteiger partial charge in [-0.3, -0.25) is 4.79 Å². The molecule has 1 amide bonds. The molecule has 4 nitrogen and oxygen atoms in total. The summed E-state index contributed by atoms with van der Waals surface area (Å²) in [6.07, 6.45) is 0.672. The number of aromatic nitrogens is 1. The Labute approximate surface area is 122 Å². The number of benzene rings is 1. The quantitative estimate of drug-likeness (QED) is 0.882. The standard InChI is InChI=1S/C16H16FN3O/c1-11-5-7-12(8-6-11)20-10-9-13(16(20)21)18-15-4-2-3-14(17)19-15/h2-8,13H,9-10H2,1H3,(H,18,19). The van der Waals surface area contributed by atoms with E-state index < -0.39 is 5.95 Å². The summed E-state index contributed by atoms with van der Waals surface area (Å²) in [6.45, 7) is 2.66. The van der Waals surface area contributed by atoms with E-state index in [0.29, 0.717) is 18.8 Å². The van der Waals surface area contributed by atoms with Crippen molar-refractivity contribution in [2.45, 2.75) is 19.4 Å². The van der Waals surface area contributed by atoms with Crippen LogP contribution >= 0.6 is 0 Å². The lowest BCUT2D eigenvalue weighted by atomic mass is 10.2. The van der Waals surface area contributed by atoms with Gasteiger partial charge in [0, 0.05) is 12.2 Å². The SMILES string of the molecule is Cc1ccc(N2CCC(Nc3cccc(F)n3)C2=O)cc1. The maximum Gasteiger partial charge on any atom is 0.249 e. The number of anilines is 2. The number of nitrogens with zero attached hydrogens (tertiary/aromatic N) is 2. The molecule has 2 aromatic rings. The minimum absolute atomic E-state index is 0.00934. The van der Waals surface area contributed by atoms with Crippen molar-refractivity contribution in [3.8, 4) is 0 Å². The predicted molar refractivity (Wildman–Crippen MR) is 79.8 cm³/mol. The van der Waals surface area contributed by atoms with Crippen LogP contribution in [0.15, 0.2) is 42.5 Å². The third-order valence-corrected chi connectivity index (χ3v) is 3.59. The molecule has 21 heavy (non-hydrogen) atoms. The van der Waals surface area contributed by atoms with Crippen LogP contribution in [0.25, 0.3) is 0 Å². The molecule has 0 spiro atoms. The van der Waals surface area contributed by atoms with Crippen molar-refractivity contribution in [1.29, 1.82) is 0 Å². The number of carbonyl (C=O) groups is 1. The lowest BCUT2D eigenvalue weighted by Gasteiger charge is -2.17. The molecule has 1 aliphatic heterocycles. The second-order valence-electron chi connectivity index (χ2n) is 5.16. The molecule has 1 N–H and O–H groups in total. The van der Waals surface area contributed by atoms with Crippen molar-refractivity contribution in [1.82, 2.24) is 4.98 Å².